The summed E-state index contributed by atoms with van der Waals surface area (Å²) in [6, 6.07) is 23.1. The molecular weight excluding hydrogens is 417 g/mol. The van der Waals surface area contributed by atoms with Crippen molar-refractivity contribution in [3.63, 3.8) is 0 Å². The molecule has 0 aliphatic heterocycles. The van der Waals surface area contributed by atoms with Gasteiger partial charge in [0.15, 0.2) is 0 Å². The van der Waals surface area contributed by atoms with E-state index in [1.807, 2.05) is 86.6 Å². The summed E-state index contributed by atoms with van der Waals surface area (Å²) < 4.78 is 6.40. The Bertz CT molecular complexity index is 956. The average Bonchev–Trinajstić information content (AvgIpc) is 2.70. The first-order valence-corrected chi connectivity index (χ1v) is 10.9. The predicted molar refractivity (Wildman–Crippen MR) is 113 cm³/mol. The minimum atomic E-state index is -0.566. The third-order valence-electron chi connectivity index (χ3n) is 4.34. The summed E-state index contributed by atoms with van der Waals surface area (Å²) in [5, 5.41) is 4.99. The van der Waals surface area contributed by atoms with E-state index >= 15 is 0 Å². The monoisotopic (exact) mass is 441 g/mol. The fourth-order valence-electron chi connectivity index (χ4n) is 2.81. The molecule has 0 unspecified atom stereocenters. The number of hydrogen-bond donors (Lipinski definition) is 1. The van der Waals surface area contributed by atoms with E-state index < -0.39 is 12.1 Å². The van der Waals surface area contributed by atoms with Crippen LogP contribution in [0.3, 0.4) is 0 Å². The van der Waals surface area contributed by atoms with Gasteiger partial charge in [-0.15, -0.1) is 0 Å². The molecule has 1 N–H and O–H groups in total. The van der Waals surface area contributed by atoms with Crippen LogP contribution in [0, 0.1) is 5.92 Å². The van der Waals surface area contributed by atoms with Crippen LogP contribution in [0.1, 0.15) is 19.4 Å². The Morgan fingerprint density at radius 1 is 0.929 bits per heavy atom. The molecule has 1 atom stereocenters. The van der Waals surface area contributed by atoms with E-state index in [-0.39, 0.29) is 32.2 Å². The maximum atomic E-state index is 12.7. The van der Waals surface area contributed by atoms with Crippen LogP contribution in [0.25, 0.3) is 10.8 Å². The van der Waals surface area contributed by atoms with E-state index in [4.69, 9.17) is 4.74 Å². The summed E-state index contributed by atoms with van der Waals surface area (Å²) in [6.07, 6.45) is -0.566. The van der Waals surface area contributed by atoms with Crippen molar-refractivity contribution in [2.75, 3.05) is 0 Å². The molecule has 3 rings (SSSR count). The van der Waals surface area contributed by atoms with Crippen molar-refractivity contribution in [2.45, 2.75) is 26.5 Å². The summed E-state index contributed by atoms with van der Waals surface area (Å²) in [4.78, 5) is 24.9. The molecule has 0 saturated heterocycles. The molecule has 0 fully saturated rings. The third-order valence-corrected chi connectivity index (χ3v) is 6.36. The molecule has 3 aromatic carbocycles. The normalized spacial score (nSPS) is 12.0. The van der Waals surface area contributed by atoms with E-state index in [1.165, 1.54) is 0 Å². The molecule has 0 aliphatic carbocycles. The second-order valence-corrected chi connectivity index (χ2v) is 9.12. The third kappa shape index (κ3) is 5.44. The van der Waals surface area contributed by atoms with Gasteiger partial charge in [0, 0.05) is 0 Å². The standard InChI is InChI=1S/C23H23NO3Se/c1-16(2)21(22(25)28-20-10-4-3-5-11-20)24-23(26)27-15-17-12-13-18-8-6-7-9-19(18)14-17/h3-14,16,21H,15H2,1-2H3,(H,24,26)/t21-/m0/s1. The van der Waals surface area contributed by atoms with E-state index in [0.29, 0.717) is 0 Å². The molecular formula is C23H23NO3Se. The zero-order valence-corrected chi connectivity index (χ0v) is 17.6. The number of alkyl carbamates (subject to hydrolysis) is 1. The van der Waals surface area contributed by atoms with Gasteiger partial charge in [-0.3, -0.25) is 0 Å². The van der Waals surface area contributed by atoms with Crippen LogP contribution in [-0.2, 0) is 16.1 Å². The number of hydrogen-bond acceptors (Lipinski definition) is 3. The van der Waals surface area contributed by atoms with E-state index in [9.17, 15) is 9.59 Å². The fraction of sp³-hybridized carbons (Fsp3) is 0.217. The summed E-state index contributed by atoms with van der Waals surface area (Å²) in [7, 11) is 0. The number of rotatable bonds is 7. The van der Waals surface area contributed by atoms with Crippen LogP contribution in [0.2, 0.25) is 0 Å². The molecule has 0 heterocycles. The average molecular weight is 440 g/mol. The number of carbonyl (C=O) groups excluding carboxylic acids is 2. The number of benzene rings is 3. The summed E-state index contributed by atoms with van der Waals surface area (Å²) in [6.45, 7) is 4.01. The van der Waals surface area contributed by atoms with Gasteiger partial charge in [0.05, 0.1) is 0 Å². The fourth-order valence-corrected chi connectivity index (χ4v) is 4.88. The van der Waals surface area contributed by atoms with Gasteiger partial charge in [-0.1, -0.05) is 0 Å². The first-order valence-electron chi connectivity index (χ1n) is 9.20. The molecule has 0 spiro atoms. The number of fused-ring (bicyclic) bond motifs is 1. The Morgan fingerprint density at radius 3 is 2.32 bits per heavy atom. The van der Waals surface area contributed by atoms with Crippen LogP contribution in [0.5, 0.6) is 0 Å². The first kappa shape index (κ1) is 20.1. The Balaban J connectivity index is 1.58. The van der Waals surface area contributed by atoms with E-state index in [2.05, 4.69) is 5.32 Å². The molecule has 0 bridgehead atoms. The van der Waals surface area contributed by atoms with Crippen LogP contribution >= 0.6 is 0 Å². The van der Waals surface area contributed by atoms with Gasteiger partial charge in [0.25, 0.3) is 0 Å². The molecule has 3 aromatic rings. The molecule has 0 radical (unpaired) electrons. The quantitative estimate of drug-likeness (QED) is 0.571. The summed E-state index contributed by atoms with van der Waals surface area (Å²) in [5.74, 6) is -0.00805. The molecule has 0 aliphatic rings. The Hall–Kier alpha value is -2.62. The van der Waals surface area contributed by atoms with Crippen LogP contribution < -0.4 is 9.78 Å². The predicted octanol–water partition coefficient (Wildman–Crippen LogP) is 3.65. The molecule has 4 nitrogen and oxygen atoms in total. The number of ether oxygens (including phenoxy) is 1. The van der Waals surface area contributed by atoms with Gasteiger partial charge in [0.2, 0.25) is 0 Å². The van der Waals surface area contributed by atoms with Crippen molar-refractivity contribution in [1.29, 1.82) is 0 Å². The number of amides is 1. The van der Waals surface area contributed by atoms with Gasteiger partial charge < -0.3 is 0 Å². The molecule has 0 saturated carbocycles. The van der Waals surface area contributed by atoms with Crippen LogP contribution in [0.15, 0.2) is 72.8 Å². The Morgan fingerprint density at radius 2 is 1.61 bits per heavy atom. The van der Waals surface area contributed by atoms with Crippen LogP contribution in [0.4, 0.5) is 4.79 Å². The van der Waals surface area contributed by atoms with Gasteiger partial charge in [-0.2, -0.15) is 0 Å². The SMILES string of the molecule is CC(C)[C@H](NC(=O)OCc1ccc2ccccc2c1)C(=O)[Se]c1ccccc1. The number of nitrogens with one attached hydrogen (secondary N) is 1. The Kier molecular flexibility index (Phi) is 6.85. The molecule has 28 heavy (non-hydrogen) atoms. The Labute approximate surface area is 171 Å². The zero-order chi connectivity index (χ0) is 19.9. The maximum absolute atomic E-state index is 12.7. The summed E-state index contributed by atoms with van der Waals surface area (Å²) >= 11 is -0.345. The van der Waals surface area contributed by atoms with Crippen molar-refractivity contribution < 1.29 is 14.3 Å². The molecule has 0 aromatic heterocycles. The number of carbonyl (C=O) groups is 2. The van der Waals surface area contributed by atoms with Gasteiger partial charge in [-0.05, 0) is 0 Å². The molecule has 5 heteroatoms. The van der Waals surface area contributed by atoms with Crippen molar-refractivity contribution in [3.8, 4) is 0 Å². The van der Waals surface area contributed by atoms with Crippen molar-refractivity contribution in [1.82, 2.24) is 5.32 Å². The second kappa shape index (κ2) is 9.54. The van der Waals surface area contributed by atoms with Crippen molar-refractivity contribution in [2.24, 2.45) is 5.92 Å². The van der Waals surface area contributed by atoms with Crippen molar-refractivity contribution >= 4 is 41.0 Å². The van der Waals surface area contributed by atoms with Crippen LogP contribution in [-0.4, -0.2) is 31.8 Å². The van der Waals surface area contributed by atoms with Crippen molar-refractivity contribution in [3.05, 3.63) is 78.4 Å². The second-order valence-electron chi connectivity index (χ2n) is 6.86. The van der Waals surface area contributed by atoms with E-state index in [0.717, 1.165) is 20.8 Å². The van der Waals surface area contributed by atoms with Gasteiger partial charge in [-0.25, -0.2) is 0 Å². The van der Waals surface area contributed by atoms with Gasteiger partial charge >= 0.3 is 171 Å². The molecule has 1 amide bonds. The zero-order valence-electron chi connectivity index (χ0n) is 15.9. The first-order chi connectivity index (χ1) is 13.5. The minimum absolute atomic E-state index is 0.00805. The molecule has 144 valence electrons. The topological polar surface area (TPSA) is 55.4 Å². The summed E-state index contributed by atoms with van der Waals surface area (Å²) in [5.41, 5.74) is 0.912. The van der Waals surface area contributed by atoms with E-state index in [1.54, 1.807) is 0 Å². The van der Waals surface area contributed by atoms with Gasteiger partial charge in [0.1, 0.15) is 0 Å².